The first kappa shape index (κ1) is 24.2. The molecule has 0 bridgehead atoms. The van der Waals surface area contributed by atoms with E-state index in [9.17, 15) is 18.0 Å². The molecule has 0 saturated heterocycles. The van der Waals surface area contributed by atoms with Crippen LogP contribution in [0.25, 0.3) is 0 Å². The summed E-state index contributed by atoms with van der Waals surface area (Å²) < 4.78 is 25.8. The average Bonchev–Trinajstić information content (AvgIpc) is 2.75. The molecule has 0 aliphatic carbocycles. The number of nitrogens with one attached hydrogen (secondary N) is 3. The lowest BCUT2D eigenvalue weighted by Gasteiger charge is -2.18. The van der Waals surface area contributed by atoms with E-state index in [1.165, 1.54) is 19.2 Å². The number of hydrogen-bond acceptors (Lipinski definition) is 5. The number of rotatable bonds is 10. The summed E-state index contributed by atoms with van der Waals surface area (Å²) in [5, 5.41) is 5.85. The fourth-order valence-corrected chi connectivity index (χ4v) is 4.03. The lowest BCUT2D eigenvalue weighted by molar-refractivity contribution is -0.123. The van der Waals surface area contributed by atoms with Crippen molar-refractivity contribution >= 4 is 45.2 Å². The minimum absolute atomic E-state index is 0.143. The van der Waals surface area contributed by atoms with Crippen LogP contribution in [0.4, 0.5) is 0 Å². The van der Waals surface area contributed by atoms with Crippen LogP contribution in [0.5, 0.6) is 0 Å². The molecule has 0 spiro atoms. The van der Waals surface area contributed by atoms with E-state index >= 15 is 0 Å². The second kappa shape index (κ2) is 11.4. The van der Waals surface area contributed by atoms with Crippen molar-refractivity contribution in [2.75, 3.05) is 19.1 Å². The van der Waals surface area contributed by atoms with E-state index in [0.29, 0.717) is 22.8 Å². The maximum absolute atomic E-state index is 12.7. The smallest absolute Gasteiger partial charge is 0.253 e. The number of halogens is 1. The molecule has 2 aromatic rings. The van der Waals surface area contributed by atoms with Gasteiger partial charge in [-0.2, -0.15) is 11.8 Å². The van der Waals surface area contributed by atoms with Crippen LogP contribution in [0.1, 0.15) is 22.3 Å². The molecule has 0 aromatic heterocycles. The summed E-state index contributed by atoms with van der Waals surface area (Å²) in [5.74, 6) is -0.0443. The Labute approximate surface area is 186 Å². The Hall–Kier alpha value is -2.07. The molecule has 30 heavy (non-hydrogen) atoms. The molecule has 0 saturated carbocycles. The number of carbonyl (C=O) groups excluding carboxylic acids is 2. The van der Waals surface area contributed by atoms with Gasteiger partial charge in [0.05, 0.1) is 15.5 Å². The first-order valence-electron chi connectivity index (χ1n) is 9.13. The van der Waals surface area contributed by atoms with Gasteiger partial charge in [0, 0.05) is 6.54 Å². The van der Waals surface area contributed by atoms with E-state index in [1.54, 1.807) is 48.2 Å². The molecule has 162 valence electrons. The third kappa shape index (κ3) is 6.73. The quantitative estimate of drug-likeness (QED) is 0.495. The highest BCUT2D eigenvalue weighted by Gasteiger charge is 2.22. The molecule has 2 aromatic carbocycles. The summed E-state index contributed by atoms with van der Waals surface area (Å²) >= 11 is 7.64. The average molecular weight is 470 g/mol. The summed E-state index contributed by atoms with van der Waals surface area (Å²) in [7, 11) is -2.17. The Morgan fingerprint density at radius 2 is 1.77 bits per heavy atom. The second-order valence-electron chi connectivity index (χ2n) is 6.36. The summed E-state index contributed by atoms with van der Waals surface area (Å²) in [6, 6.07) is 12.1. The van der Waals surface area contributed by atoms with Crippen molar-refractivity contribution < 1.29 is 18.0 Å². The van der Waals surface area contributed by atoms with Gasteiger partial charge in [-0.25, -0.2) is 13.1 Å². The molecule has 3 N–H and O–H groups in total. The second-order valence-corrected chi connectivity index (χ2v) is 9.64. The number of benzene rings is 2. The minimum Gasteiger partial charge on any atom is -0.350 e. The lowest BCUT2D eigenvalue weighted by Crippen LogP contribution is -2.47. The zero-order valence-corrected chi connectivity index (χ0v) is 19.0. The summed E-state index contributed by atoms with van der Waals surface area (Å²) in [6.45, 7) is 0.205. The van der Waals surface area contributed by atoms with Crippen LogP contribution in [0, 0.1) is 0 Å². The Kier molecular flexibility index (Phi) is 9.16. The molecule has 10 heteroatoms. The molecule has 1 unspecified atom stereocenters. The maximum atomic E-state index is 12.7. The van der Waals surface area contributed by atoms with Crippen LogP contribution >= 0.6 is 23.4 Å². The van der Waals surface area contributed by atoms with Crippen LogP contribution in [0.15, 0.2) is 53.4 Å². The van der Waals surface area contributed by atoms with Gasteiger partial charge in [-0.15, -0.1) is 0 Å². The van der Waals surface area contributed by atoms with E-state index in [2.05, 4.69) is 15.4 Å². The molecule has 0 radical (unpaired) electrons. The minimum atomic E-state index is -3.51. The Morgan fingerprint density at radius 1 is 1.10 bits per heavy atom. The summed E-state index contributed by atoms with van der Waals surface area (Å²) in [6.07, 6.45) is 2.38. The normalized spacial score (nSPS) is 12.2. The number of carbonyl (C=O) groups is 2. The third-order valence-electron chi connectivity index (χ3n) is 4.32. The van der Waals surface area contributed by atoms with Gasteiger partial charge in [0.1, 0.15) is 6.04 Å². The van der Waals surface area contributed by atoms with E-state index in [4.69, 9.17) is 11.6 Å². The zero-order chi connectivity index (χ0) is 22.1. The van der Waals surface area contributed by atoms with Crippen LogP contribution in [0.3, 0.4) is 0 Å². The molecule has 0 aliphatic heterocycles. The number of amides is 2. The third-order valence-corrected chi connectivity index (χ3v) is 6.72. The molecule has 0 fully saturated rings. The van der Waals surface area contributed by atoms with Crippen LogP contribution in [-0.2, 0) is 21.4 Å². The largest absolute Gasteiger partial charge is 0.350 e. The van der Waals surface area contributed by atoms with Gasteiger partial charge < -0.3 is 10.6 Å². The van der Waals surface area contributed by atoms with E-state index in [1.807, 2.05) is 6.26 Å². The van der Waals surface area contributed by atoms with E-state index in [0.717, 1.165) is 5.56 Å². The van der Waals surface area contributed by atoms with Crippen molar-refractivity contribution in [2.24, 2.45) is 0 Å². The highest BCUT2D eigenvalue weighted by atomic mass is 35.5. The van der Waals surface area contributed by atoms with Gasteiger partial charge in [0.25, 0.3) is 5.91 Å². The summed E-state index contributed by atoms with van der Waals surface area (Å²) in [5.41, 5.74) is 1.04. The Balaban J connectivity index is 2.03. The first-order valence-corrected chi connectivity index (χ1v) is 12.4. The highest BCUT2D eigenvalue weighted by molar-refractivity contribution is 7.98. The van der Waals surface area contributed by atoms with Crippen molar-refractivity contribution in [3.8, 4) is 0 Å². The molecule has 7 nitrogen and oxygen atoms in total. The zero-order valence-electron chi connectivity index (χ0n) is 16.6. The van der Waals surface area contributed by atoms with Gasteiger partial charge >= 0.3 is 0 Å². The highest BCUT2D eigenvalue weighted by Crippen LogP contribution is 2.15. The van der Waals surface area contributed by atoms with Crippen LogP contribution in [-0.4, -0.2) is 45.3 Å². The predicted molar refractivity (Wildman–Crippen MR) is 120 cm³/mol. The van der Waals surface area contributed by atoms with E-state index < -0.39 is 22.0 Å². The maximum Gasteiger partial charge on any atom is 0.253 e. The lowest BCUT2D eigenvalue weighted by atomic mass is 10.1. The topological polar surface area (TPSA) is 104 Å². The molecule has 2 rings (SSSR count). The predicted octanol–water partition coefficient (Wildman–Crippen LogP) is 2.42. The van der Waals surface area contributed by atoms with Gasteiger partial charge in [-0.1, -0.05) is 35.9 Å². The van der Waals surface area contributed by atoms with Gasteiger partial charge in [0.15, 0.2) is 0 Å². The van der Waals surface area contributed by atoms with Crippen molar-refractivity contribution in [3.05, 3.63) is 64.7 Å². The van der Waals surface area contributed by atoms with Crippen LogP contribution < -0.4 is 15.4 Å². The van der Waals surface area contributed by atoms with E-state index in [-0.39, 0.29) is 17.3 Å². The standard InChI is InChI=1S/C20H24ClN3O4S2/c1-22-30(27,28)15-9-7-14(8-10-15)13-23-20(26)18(11-12-29-2)24-19(25)16-5-3-4-6-17(16)21/h3-10,18,22H,11-13H2,1-2H3,(H,23,26)(H,24,25). The van der Waals surface area contributed by atoms with Gasteiger partial charge in [0.2, 0.25) is 15.9 Å². The first-order chi connectivity index (χ1) is 14.3. The van der Waals surface area contributed by atoms with Crippen molar-refractivity contribution in [1.29, 1.82) is 0 Å². The molecule has 0 heterocycles. The number of sulfonamides is 1. The van der Waals surface area contributed by atoms with Crippen molar-refractivity contribution in [1.82, 2.24) is 15.4 Å². The SMILES string of the molecule is CNS(=O)(=O)c1ccc(CNC(=O)C(CCSC)NC(=O)c2ccccc2Cl)cc1. The number of thioether (sulfide) groups is 1. The molecule has 1 atom stereocenters. The number of hydrogen-bond donors (Lipinski definition) is 3. The fourth-order valence-electron chi connectivity index (χ4n) is 2.60. The Bertz CT molecular complexity index is 982. The molecular formula is C20H24ClN3O4S2. The van der Waals surface area contributed by atoms with Gasteiger partial charge in [-0.05, 0) is 55.3 Å². The van der Waals surface area contributed by atoms with Crippen molar-refractivity contribution in [3.63, 3.8) is 0 Å². The van der Waals surface area contributed by atoms with Gasteiger partial charge in [-0.3, -0.25) is 9.59 Å². The van der Waals surface area contributed by atoms with Crippen LogP contribution in [0.2, 0.25) is 5.02 Å². The van der Waals surface area contributed by atoms with Crippen molar-refractivity contribution in [2.45, 2.75) is 23.9 Å². The monoisotopic (exact) mass is 469 g/mol. The molecule has 2 amide bonds. The Morgan fingerprint density at radius 3 is 2.37 bits per heavy atom. The molecular weight excluding hydrogens is 446 g/mol. The fraction of sp³-hybridized carbons (Fsp3) is 0.300. The molecule has 0 aliphatic rings. The summed E-state index contributed by atoms with van der Waals surface area (Å²) in [4.78, 5) is 25.3.